The Bertz CT molecular complexity index is 1140. The lowest BCUT2D eigenvalue weighted by Gasteiger charge is -2.27. The van der Waals surface area contributed by atoms with Crippen LogP contribution in [-0.4, -0.2) is 38.0 Å². The summed E-state index contributed by atoms with van der Waals surface area (Å²) in [5, 5.41) is 0. The van der Waals surface area contributed by atoms with E-state index in [4.69, 9.17) is 4.98 Å². The zero-order valence-corrected chi connectivity index (χ0v) is 15.5. The van der Waals surface area contributed by atoms with E-state index in [0.29, 0.717) is 6.04 Å². The van der Waals surface area contributed by atoms with Crippen molar-refractivity contribution in [1.82, 2.24) is 18.9 Å². The Balaban J connectivity index is 1.43. The van der Waals surface area contributed by atoms with Crippen molar-refractivity contribution < 1.29 is 0 Å². The Morgan fingerprint density at radius 3 is 2.85 bits per heavy atom. The summed E-state index contributed by atoms with van der Waals surface area (Å²) < 4.78 is 4.66. The lowest BCUT2D eigenvalue weighted by molar-refractivity contribution is 0.231. The van der Waals surface area contributed by atoms with Gasteiger partial charge < -0.3 is 8.97 Å². The molecule has 0 bridgehead atoms. The van der Waals surface area contributed by atoms with E-state index in [1.165, 1.54) is 60.3 Å². The molecule has 2 aliphatic rings. The highest BCUT2D eigenvalue weighted by Gasteiger charge is 2.28. The monoisotopic (exact) mass is 356 g/mol. The maximum Gasteiger partial charge on any atom is 0.111 e. The Morgan fingerprint density at radius 1 is 0.926 bits per heavy atom. The molecule has 5 heterocycles. The van der Waals surface area contributed by atoms with Gasteiger partial charge in [0.25, 0.3) is 0 Å². The number of pyridine rings is 1. The number of hydrogen-bond acceptors (Lipinski definition) is 2. The summed E-state index contributed by atoms with van der Waals surface area (Å²) in [4.78, 5) is 7.76. The predicted octanol–water partition coefficient (Wildman–Crippen LogP) is 4.37. The number of rotatable bonds is 1. The molecule has 1 fully saturated rings. The first-order valence-corrected chi connectivity index (χ1v) is 10.2. The van der Waals surface area contributed by atoms with Gasteiger partial charge in [-0.1, -0.05) is 12.1 Å². The van der Waals surface area contributed by atoms with Gasteiger partial charge in [0.05, 0.1) is 11.0 Å². The third kappa shape index (κ3) is 2.51. The Kier molecular flexibility index (Phi) is 3.41. The normalized spacial score (nSPS) is 20.5. The van der Waals surface area contributed by atoms with E-state index in [1.807, 2.05) is 0 Å². The molecule has 136 valence electrons. The summed E-state index contributed by atoms with van der Waals surface area (Å²) in [5.74, 6) is 1.28. The quantitative estimate of drug-likeness (QED) is 0.506. The predicted molar refractivity (Wildman–Crippen MR) is 109 cm³/mol. The van der Waals surface area contributed by atoms with E-state index >= 15 is 0 Å². The highest BCUT2D eigenvalue weighted by atomic mass is 15.2. The molecule has 4 nitrogen and oxygen atoms in total. The summed E-state index contributed by atoms with van der Waals surface area (Å²) in [5.41, 5.74) is 6.14. The van der Waals surface area contributed by atoms with Gasteiger partial charge in [-0.05, 0) is 67.3 Å². The zero-order valence-electron chi connectivity index (χ0n) is 15.5. The average molecular weight is 356 g/mol. The average Bonchev–Trinajstić information content (AvgIpc) is 3.39. The second kappa shape index (κ2) is 5.96. The number of aryl methyl sites for hydroxylation is 1. The van der Waals surface area contributed by atoms with Crippen molar-refractivity contribution in [3.8, 4) is 11.1 Å². The fourth-order valence-electron chi connectivity index (χ4n) is 5.03. The maximum absolute atomic E-state index is 5.08. The molecule has 0 amide bonds. The van der Waals surface area contributed by atoms with E-state index < -0.39 is 0 Å². The molecule has 4 aromatic rings. The molecule has 0 N–H and O–H groups in total. The number of imidazole rings is 1. The van der Waals surface area contributed by atoms with Crippen molar-refractivity contribution in [2.24, 2.45) is 0 Å². The maximum atomic E-state index is 5.08. The number of aromatic nitrogens is 3. The number of fused-ring (bicyclic) bond motifs is 5. The molecule has 0 unspecified atom stereocenters. The summed E-state index contributed by atoms with van der Waals surface area (Å²) >= 11 is 0. The lowest BCUT2D eigenvalue weighted by atomic mass is 10.1. The smallest absolute Gasteiger partial charge is 0.111 e. The van der Waals surface area contributed by atoms with Gasteiger partial charge in [-0.3, -0.25) is 4.90 Å². The van der Waals surface area contributed by atoms with E-state index in [2.05, 4.69) is 68.7 Å². The van der Waals surface area contributed by atoms with Crippen LogP contribution in [0.25, 0.3) is 27.7 Å². The fraction of sp³-hybridized carbons (Fsp3) is 0.348. The molecule has 2 aliphatic heterocycles. The van der Waals surface area contributed by atoms with Gasteiger partial charge in [-0.15, -0.1) is 0 Å². The third-order valence-electron chi connectivity index (χ3n) is 6.43. The van der Waals surface area contributed by atoms with Crippen LogP contribution in [0.3, 0.4) is 0 Å². The Hall–Kier alpha value is -2.59. The van der Waals surface area contributed by atoms with Crippen molar-refractivity contribution >= 4 is 16.6 Å². The van der Waals surface area contributed by atoms with Crippen molar-refractivity contribution in [3.63, 3.8) is 0 Å². The molecule has 4 heteroatoms. The van der Waals surface area contributed by atoms with E-state index in [0.717, 1.165) is 18.5 Å². The lowest BCUT2D eigenvalue weighted by Crippen LogP contribution is -2.35. The van der Waals surface area contributed by atoms with Gasteiger partial charge in [0.1, 0.15) is 5.82 Å². The van der Waals surface area contributed by atoms with Crippen molar-refractivity contribution in [3.05, 3.63) is 60.7 Å². The molecular weight excluding hydrogens is 332 g/mol. The molecule has 1 atom stereocenters. The second-order valence-corrected chi connectivity index (χ2v) is 8.03. The Labute approximate surface area is 159 Å². The summed E-state index contributed by atoms with van der Waals surface area (Å²) in [6.07, 6.45) is 9.30. The van der Waals surface area contributed by atoms with Crippen LogP contribution >= 0.6 is 0 Å². The molecule has 1 aromatic carbocycles. The number of hydrogen-bond donors (Lipinski definition) is 0. The van der Waals surface area contributed by atoms with Gasteiger partial charge in [0.15, 0.2) is 0 Å². The molecule has 3 aromatic heterocycles. The second-order valence-electron chi connectivity index (χ2n) is 8.03. The van der Waals surface area contributed by atoms with Crippen LogP contribution in [-0.2, 0) is 13.0 Å². The minimum atomic E-state index is 0.691. The van der Waals surface area contributed by atoms with Crippen LogP contribution in [0.5, 0.6) is 0 Å². The van der Waals surface area contributed by atoms with Gasteiger partial charge in [-0.25, -0.2) is 4.98 Å². The van der Waals surface area contributed by atoms with Crippen LogP contribution in [0.4, 0.5) is 0 Å². The zero-order chi connectivity index (χ0) is 17.8. The molecule has 0 aliphatic carbocycles. The molecule has 1 saturated heterocycles. The van der Waals surface area contributed by atoms with Crippen molar-refractivity contribution in [1.29, 1.82) is 0 Å². The highest BCUT2D eigenvalue weighted by molar-refractivity contribution is 5.83. The molecule has 0 spiro atoms. The molecule has 0 radical (unpaired) electrons. The molecular formula is C23H24N4. The summed E-state index contributed by atoms with van der Waals surface area (Å²) in [6.45, 7) is 3.60. The van der Waals surface area contributed by atoms with E-state index in [9.17, 15) is 0 Å². The largest absolute Gasteiger partial charge is 0.328 e. The number of benzene rings is 1. The third-order valence-corrected chi connectivity index (χ3v) is 6.43. The topological polar surface area (TPSA) is 25.5 Å². The van der Waals surface area contributed by atoms with E-state index in [1.54, 1.807) is 0 Å². The van der Waals surface area contributed by atoms with Crippen LogP contribution in [0.2, 0.25) is 0 Å². The van der Waals surface area contributed by atoms with Crippen LogP contribution in [0.15, 0.2) is 54.9 Å². The first-order chi connectivity index (χ1) is 13.3. The molecule has 27 heavy (non-hydrogen) atoms. The SMILES string of the molecule is c1cc2ccc(-c3ccc4c(c3)nc3n4CCCN4CCC[C@@H]4C3)cn2c1. The highest BCUT2D eigenvalue weighted by Crippen LogP contribution is 2.29. The van der Waals surface area contributed by atoms with Crippen molar-refractivity contribution in [2.45, 2.75) is 38.3 Å². The van der Waals surface area contributed by atoms with Crippen LogP contribution in [0.1, 0.15) is 25.1 Å². The van der Waals surface area contributed by atoms with Gasteiger partial charge in [0, 0.05) is 43.5 Å². The van der Waals surface area contributed by atoms with Crippen molar-refractivity contribution in [2.75, 3.05) is 13.1 Å². The van der Waals surface area contributed by atoms with Gasteiger partial charge >= 0.3 is 0 Å². The molecule has 6 rings (SSSR count). The summed E-state index contributed by atoms with van der Waals surface area (Å²) in [6, 6.07) is 16.1. The molecule has 0 saturated carbocycles. The minimum Gasteiger partial charge on any atom is -0.328 e. The first-order valence-electron chi connectivity index (χ1n) is 10.2. The summed E-state index contributed by atoms with van der Waals surface area (Å²) in [7, 11) is 0. The minimum absolute atomic E-state index is 0.691. The van der Waals surface area contributed by atoms with Gasteiger partial charge in [-0.2, -0.15) is 0 Å². The van der Waals surface area contributed by atoms with Crippen LogP contribution in [0, 0.1) is 0 Å². The van der Waals surface area contributed by atoms with E-state index in [-0.39, 0.29) is 0 Å². The fourth-order valence-corrected chi connectivity index (χ4v) is 5.03. The van der Waals surface area contributed by atoms with Crippen LogP contribution < -0.4 is 0 Å². The van der Waals surface area contributed by atoms with Gasteiger partial charge in [0.2, 0.25) is 0 Å². The number of nitrogens with zero attached hydrogens (tertiary/aromatic N) is 4. The first kappa shape index (κ1) is 15.5. The standard InChI is InChI=1S/C23H24N4/c1-4-19-8-6-18(16-26(19)11-1)17-7-9-22-21(14-17)24-23-15-20-5-2-10-25(20)12-3-13-27(22)23/h1,4,6-9,11,14,16,20H,2-3,5,10,12-13,15H2/t20-/m1/s1. The Morgan fingerprint density at radius 2 is 1.85 bits per heavy atom.